The molecular formula is C5H10N4S2. The Labute approximate surface area is 73.7 Å². The number of nitrogens with zero attached hydrogens (tertiary/aromatic N) is 2. The Kier molecular flexibility index (Phi) is 3.58. The van der Waals surface area contributed by atoms with Crippen LogP contribution in [0, 0.1) is 0 Å². The zero-order chi connectivity index (χ0) is 8.10. The molecule has 4 nitrogen and oxygen atoms in total. The van der Waals surface area contributed by atoms with E-state index in [1.807, 2.05) is 11.8 Å². The second-order valence-corrected chi connectivity index (χ2v) is 4.34. The van der Waals surface area contributed by atoms with Gasteiger partial charge in [0.25, 0.3) is 0 Å². The lowest BCUT2D eigenvalue weighted by molar-refractivity contribution is 0.976. The smallest absolute Gasteiger partial charge is 0.216 e. The number of nitrogens with two attached hydrogens (primary N) is 1. The molecular weight excluding hydrogens is 180 g/mol. The molecule has 0 atom stereocenters. The average Bonchev–Trinajstić information content (AvgIpc) is 2.37. The Morgan fingerprint density at radius 3 is 3.00 bits per heavy atom. The molecule has 0 radical (unpaired) electrons. The van der Waals surface area contributed by atoms with E-state index in [1.54, 1.807) is 11.8 Å². The molecule has 11 heavy (non-hydrogen) atoms. The molecule has 0 spiro atoms. The number of H-pyrrole nitrogens is 1. The van der Waals surface area contributed by atoms with Gasteiger partial charge in [-0.2, -0.15) is 16.7 Å². The van der Waals surface area contributed by atoms with Crippen molar-refractivity contribution in [3.8, 4) is 0 Å². The largest absolute Gasteiger partial charge is 0.368 e. The zero-order valence-corrected chi connectivity index (χ0v) is 7.84. The third-order valence-corrected chi connectivity index (χ3v) is 2.94. The number of aromatic amines is 1. The van der Waals surface area contributed by atoms with Crippen LogP contribution in [-0.2, 0) is 0 Å². The van der Waals surface area contributed by atoms with Gasteiger partial charge in [0.05, 0.1) is 0 Å². The maximum atomic E-state index is 5.33. The van der Waals surface area contributed by atoms with E-state index in [1.165, 1.54) is 0 Å². The summed E-state index contributed by atoms with van der Waals surface area (Å²) >= 11 is 3.44. The minimum absolute atomic E-state index is 0.383. The first-order valence-corrected chi connectivity index (χ1v) is 5.35. The minimum atomic E-state index is 0.383. The van der Waals surface area contributed by atoms with Crippen molar-refractivity contribution in [2.45, 2.75) is 12.1 Å². The first-order chi connectivity index (χ1) is 5.33. The highest BCUT2D eigenvalue weighted by Gasteiger charge is 1.98. The second kappa shape index (κ2) is 4.50. The summed E-state index contributed by atoms with van der Waals surface area (Å²) in [6.45, 7) is 2.12. The number of thioether (sulfide) groups is 2. The topological polar surface area (TPSA) is 67.6 Å². The van der Waals surface area contributed by atoms with E-state index in [9.17, 15) is 0 Å². The van der Waals surface area contributed by atoms with Gasteiger partial charge in [0.2, 0.25) is 11.1 Å². The van der Waals surface area contributed by atoms with Crippen molar-refractivity contribution in [2.24, 2.45) is 0 Å². The van der Waals surface area contributed by atoms with Crippen molar-refractivity contribution >= 4 is 29.5 Å². The molecule has 0 aliphatic carbocycles. The Balaban J connectivity index is 2.27. The summed E-state index contributed by atoms with van der Waals surface area (Å²) in [4.78, 5) is 3.94. The lowest BCUT2D eigenvalue weighted by Gasteiger charge is -1.91. The van der Waals surface area contributed by atoms with E-state index in [0.717, 1.165) is 16.0 Å². The lowest BCUT2D eigenvalue weighted by atomic mass is 11.0. The molecule has 6 heteroatoms. The Morgan fingerprint density at radius 1 is 1.64 bits per heavy atom. The van der Waals surface area contributed by atoms with Crippen LogP contribution in [0.2, 0.25) is 0 Å². The van der Waals surface area contributed by atoms with Crippen LogP contribution in [0.15, 0.2) is 5.16 Å². The second-order valence-electron chi connectivity index (χ2n) is 1.76. The Bertz CT molecular complexity index is 212. The molecule has 0 fully saturated rings. The van der Waals surface area contributed by atoms with Crippen molar-refractivity contribution in [1.82, 2.24) is 15.2 Å². The van der Waals surface area contributed by atoms with Crippen LogP contribution in [0.25, 0.3) is 0 Å². The van der Waals surface area contributed by atoms with Gasteiger partial charge in [-0.15, -0.1) is 5.10 Å². The highest BCUT2D eigenvalue weighted by atomic mass is 32.2. The molecule has 0 aliphatic heterocycles. The van der Waals surface area contributed by atoms with Crippen LogP contribution in [0.4, 0.5) is 5.95 Å². The Morgan fingerprint density at radius 2 is 2.45 bits per heavy atom. The Hall–Kier alpha value is -0.360. The summed E-state index contributed by atoms with van der Waals surface area (Å²) in [5.74, 6) is 1.50. The number of hydrogen-bond acceptors (Lipinski definition) is 5. The average molecular weight is 190 g/mol. The highest BCUT2D eigenvalue weighted by molar-refractivity contribution is 8.15. The van der Waals surface area contributed by atoms with Crippen molar-refractivity contribution in [3.05, 3.63) is 0 Å². The van der Waals surface area contributed by atoms with Gasteiger partial charge in [-0.1, -0.05) is 18.7 Å². The number of aromatic nitrogens is 3. The van der Waals surface area contributed by atoms with Crippen LogP contribution in [0.1, 0.15) is 6.92 Å². The molecule has 1 aromatic rings. The molecule has 3 N–H and O–H groups in total. The van der Waals surface area contributed by atoms with Crippen molar-refractivity contribution < 1.29 is 0 Å². The quantitative estimate of drug-likeness (QED) is 0.424. The predicted octanol–water partition coefficient (Wildman–Crippen LogP) is 1.19. The molecule has 1 heterocycles. The first kappa shape index (κ1) is 8.73. The molecule has 0 amide bonds. The normalized spacial score (nSPS) is 10.3. The van der Waals surface area contributed by atoms with E-state index >= 15 is 0 Å². The monoisotopic (exact) mass is 190 g/mol. The van der Waals surface area contributed by atoms with Gasteiger partial charge in [0, 0.05) is 5.08 Å². The van der Waals surface area contributed by atoms with E-state index in [-0.39, 0.29) is 0 Å². The molecule has 0 saturated carbocycles. The van der Waals surface area contributed by atoms with Crippen LogP contribution >= 0.6 is 23.5 Å². The summed E-state index contributed by atoms with van der Waals surface area (Å²) in [7, 11) is 0. The van der Waals surface area contributed by atoms with Gasteiger partial charge < -0.3 is 5.73 Å². The third kappa shape index (κ3) is 3.02. The third-order valence-electron chi connectivity index (χ3n) is 0.958. The van der Waals surface area contributed by atoms with Crippen molar-refractivity contribution in [1.29, 1.82) is 0 Å². The molecule has 62 valence electrons. The summed E-state index contributed by atoms with van der Waals surface area (Å²) in [5, 5.41) is 8.16. The molecule has 0 aliphatic rings. The molecule has 0 aromatic carbocycles. The van der Waals surface area contributed by atoms with E-state index < -0.39 is 0 Å². The zero-order valence-electron chi connectivity index (χ0n) is 6.20. The first-order valence-electron chi connectivity index (χ1n) is 3.21. The van der Waals surface area contributed by atoms with Crippen LogP contribution < -0.4 is 5.73 Å². The standard InChI is InChI=1S/C5H10N4S2/c1-2-10-3-11-5-7-4(6)8-9-5/h2-3H2,1H3,(H3,6,7,8,9). The maximum absolute atomic E-state index is 5.33. The van der Waals surface area contributed by atoms with Gasteiger partial charge >= 0.3 is 0 Å². The van der Waals surface area contributed by atoms with Crippen molar-refractivity contribution in [2.75, 3.05) is 16.6 Å². The molecule has 0 saturated heterocycles. The fourth-order valence-corrected chi connectivity index (χ4v) is 2.20. The van der Waals surface area contributed by atoms with Gasteiger partial charge in [-0.3, -0.25) is 0 Å². The predicted molar refractivity (Wildman–Crippen MR) is 49.7 cm³/mol. The summed E-state index contributed by atoms with van der Waals surface area (Å²) in [6, 6.07) is 0. The molecule has 1 aromatic heterocycles. The summed E-state index contributed by atoms with van der Waals surface area (Å²) in [5.41, 5.74) is 5.33. The highest BCUT2D eigenvalue weighted by Crippen LogP contribution is 2.18. The summed E-state index contributed by atoms with van der Waals surface area (Å²) < 4.78 is 0. The summed E-state index contributed by atoms with van der Waals surface area (Å²) in [6.07, 6.45) is 0. The van der Waals surface area contributed by atoms with Crippen LogP contribution in [-0.4, -0.2) is 26.0 Å². The fraction of sp³-hybridized carbons (Fsp3) is 0.600. The lowest BCUT2D eigenvalue weighted by Crippen LogP contribution is -1.85. The maximum Gasteiger partial charge on any atom is 0.216 e. The van der Waals surface area contributed by atoms with Gasteiger partial charge in [0.15, 0.2) is 0 Å². The van der Waals surface area contributed by atoms with E-state index in [0.29, 0.717) is 5.95 Å². The van der Waals surface area contributed by atoms with Crippen molar-refractivity contribution in [3.63, 3.8) is 0 Å². The van der Waals surface area contributed by atoms with E-state index in [2.05, 4.69) is 22.1 Å². The number of anilines is 1. The van der Waals surface area contributed by atoms with Crippen LogP contribution in [0.3, 0.4) is 0 Å². The number of nitrogen functional groups attached to an aromatic ring is 1. The molecule has 1 rings (SSSR count). The van der Waals surface area contributed by atoms with Gasteiger partial charge in [0.1, 0.15) is 0 Å². The fourth-order valence-electron chi connectivity index (χ4n) is 0.500. The van der Waals surface area contributed by atoms with Gasteiger partial charge in [-0.25, -0.2) is 5.10 Å². The van der Waals surface area contributed by atoms with Crippen LogP contribution in [0.5, 0.6) is 0 Å². The number of rotatable bonds is 4. The molecule has 0 bridgehead atoms. The molecule has 0 unspecified atom stereocenters. The number of hydrogen-bond donors (Lipinski definition) is 2. The SMILES string of the molecule is CCSCSc1n[nH]c(N)n1. The van der Waals surface area contributed by atoms with E-state index in [4.69, 9.17) is 5.73 Å². The minimum Gasteiger partial charge on any atom is -0.368 e. The number of nitrogens with one attached hydrogen (secondary N) is 1. The van der Waals surface area contributed by atoms with Gasteiger partial charge in [-0.05, 0) is 5.75 Å².